The molecule has 0 saturated carbocycles. The first-order valence-corrected chi connectivity index (χ1v) is 9.53. The van der Waals surface area contributed by atoms with Crippen LogP contribution < -0.4 is 16.0 Å². The van der Waals surface area contributed by atoms with Crippen LogP contribution in [0.2, 0.25) is 0 Å². The summed E-state index contributed by atoms with van der Waals surface area (Å²) < 4.78 is 5.07. The third-order valence-corrected chi connectivity index (χ3v) is 4.36. The Bertz CT molecular complexity index is 1160. The first-order chi connectivity index (χ1) is 15.2. The van der Waals surface area contributed by atoms with Crippen LogP contribution in [0.25, 0.3) is 0 Å². The van der Waals surface area contributed by atoms with Crippen molar-refractivity contribution in [3.8, 4) is 0 Å². The van der Waals surface area contributed by atoms with E-state index in [0.29, 0.717) is 23.7 Å². The number of nitrogens with one attached hydrogen (secondary N) is 3. The lowest BCUT2D eigenvalue weighted by molar-refractivity contribution is 0.0950. The van der Waals surface area contributed by atoms with Crippen LogP contribution in [0.5, 0.6) is 0 Å². The van der Waals surface area contributed by atoms with E-state index in [4.69, 9.17) is 4.42 Å². The van der Waals surface area contributed by atoms with E-state index in [0.717, 1.165) is 11.3 Å². The summed E-state index contributed by atoms with van der Waals surface area (Å²) in [6, 6.07) is 19.3. The summed E-state index contributed by atoms with van der Waals surface area (Å²) in [5.74, 6) is 0.180. The molecule has 0 atom stereocenters. The monoisotopic (exact) mass is 413 g/mol. The highest BCUT2D eigenvalue weighted by Crippen LogP contribution is 2.15. The second kappa shape index (κ2) is 9.36. The molecule has 0 aliphatic carbocycles. The van der Waals surface area contributed by atoms with Gasteiger partial charge in [0.2, 0.25) is 5.95 Å². The molecule has 8 nitrogen and oxygen atoms in total. The van der Waals surface area contributed by atoms with Gasteiger partial charge in [0, 0.05) is 35.9 Å². The molecule has 0 radical (unpaired) electrons. The Hall–Kier alpha value is -4.46. The van der Waals surface area contributed by atoms with Crippen LogP contribution in [0, 0.1) is 0 Å². The van der Waals surface area contributed by atoms with Gasteiger partial charge >= 0.3 is 0 Å². The lowest BCUT2D eigenvalue weighted by Crippen LogP contribution is -2.22. The number of nitrogens with zero attached hydrogens (tertiary/aromatic N) is 2. The van der Waals surface area contributed by atoms with Gasteiger partial charge in [0.05, 0.1) is 6.26 Å². The Morgan fingerprint density at radius 3 is 2.39 bits per heavy atom. The van der Waals surface area contributed by atoms with Crippen molar-refractivity contribution in [2.24, 2.45) is 0 Å². The Labute approximate surface area is 178 Å². The van der Waals surface area contributed by atoms with Crippen molar-refractivity contribution in [3.05, 3.63) is 102 Å². The van der Waals surface area contributed by atoms with Gasteiger partial charge in [0.1, 0.15) is 0 Å². The van der Waals surface area contributed by atoms with Crippen LogP contribution in [0.1, 0.15) is 26.5 Å². The molecule has 4 rings (SSSR count). The minimum absolute atomic E-state index is 0.201. The first kappa shape index (κ1) is 19.8. The van der Waals surface area contributed by atoms with E-state index in [1.54, 1.807) is 60.9 Å². The standard InChI is InChI=1S/C23H19N5O3/c29-21(17-4-1-5-19(14-17)28-23-24-11-3-12-25-23)26-15-16-7-9-18(10-8-16)27-22(30)20-6-2-13-31-20/h1-14H,15H2,(H,26,29)(H,27,30)(H,24,25,28). The Morgan fingerprint density at radius 2 is 1.65 bits per heavy atom. The van der Waals surface area contributed by atoms with Gasteiger partial charge in [-0.3, -0.25) is 9.59 Å². The molecule has 3 N–H and O–H groups in total. The first-order valence-electron chi connectivity index (χ1n) is 9.53. The van der Waals surface area contributed by atoms with Crippen LogP contribution in [-0.4, -0.2) is 21.8 Å². The predicted octanol–water partition coefficient (Wildman–Crippen LogP) is 4.00. The third kappa shape index (κ3) is 5.33. The Balaban J connectivity index is 1.32. The molecule has 0 saturated heterocycles. The van der Waals surface area contributed by atoms with E-state index in [1.165, 1.54) is 6.26 Å². The van der Waals surface area contributed by atoms with Gasteiger partial charge in [0.25, 0.3) is 11.8 Å². The zero-order valence-corrected chi connectivity index (χ0v) is 16.4. The molecule has 0 bridgehead atoms. The molecule has 154 valence electrons. The predicted molar refractivity (Wildman–Crippen MR) is 116 cm³/mol. The third-order valence-electron chi connectivity index (χ3n) is 4.36. The molecular weight excluding hydrogens is 394 g/mol. The zero-order chi connectivity index (χ0) is 21.5. The molecule has 2 amide bonds. The van der Waals surface area contributed by atoms with E-state index in [1.807, 2.05) is 18.2 Å². The van der Waals surface area contributed by atoms with Crippen molar-refractivity contribution < 1.29 is 14.0 Å². The van der Waals surface area contributed by atoms with Crippen LogP contribution >= 0.6 is 0 Å². The van der Waals surface area contributed by atoms with Gasteiger partial charge < -0.3 is 20.4 Å². The van der Waals surface area contributed by atoms with Gasteiger partial charge in [0.15, 0.2) is 5.76 Å². The van der Waals surface area contributed by atoms with Crippen LogP contribution in [-0.2, 0) is 6.54 Å². The average molecular weight is 413 g/mol. The van der Waals surface area contributed by atoms with Gasteiger partial charge in [-0.15, -0.1) is 0 Å². The highest BCUT2D eigenvalue weighted by molar-refractivity contribution is 6.02. The summed E-state index contributed by atoms with van der Waals surface area (Å²) in [4.78, 5) is 32.7. The normalized spacial score (nSPS) is 10.3. The Kier molecular flexibility index (Phi) is 5.99. The fraction of sp³-hybridized carbons (Fsp3) is 0.0435. The number of carbonyl (C=O) groups excluding carboxylic acids is 2. The van der Waals surface area contributed by atoms with E-state index < -0.39 is 0 Å². The highest BCUT2D eigenvalue weighted by atomic mass is 16.3. The summed E-state index contributed by atoms with van der Waals surface area (Å²) >= 11 is 0. The van der Waals surface area contributed by atoms with Crippen molar-refractivity contribution >= 4 is 29.1 Å². The topological polar surface area (TPSA) is 109 Å². The van der Waals surface area contributed by atoms with E-state index in [2.05, 4.69) is 25.9 Å². The van der Waals surface area contributed by atoms with E-state index in [9.17, 15) is 9.59 Å². The maximum atomic E-state index is 12.5. The van der Waals surface area contributed by atoms with Gasteiger partial charge in [-0.1, -0.05) is 18.2 Å². The Morgan fingerprint density at radius 1 is 0.839 bits per heavy atom. The number of hydrogen-bond acceptors (Lipinski definition) is 6. The zero-order valence-electron chi connectivity index (χ0n) is 16.4. The number of carbonyl (C=O) groups is 2. The molecule has 0 spiro atoms. The fourth-order valence-corrected chi connectivity index (χ4v) is 2.82. The second-order valence-corrected chi connectivity index (χ2v) is 6.59. The van der Waals surface area contributed by atoms with Crippen LogP contribution in [0.3, 0.4) is 0 Å². The molecule has 0 aliphatic heterocycles. The minimum Gasteiger partial charge on any atom is -0.459 e. The summed E-state index contributed by atoms with van der Waals surface area (Å²) in [6.07, 6.45) is 4.72. The van der Waals surface area contributed by atoms with Gasteiger partial charge in [-0.2, -0.15) is 0 Å². The van der Waals surface area contributed by atoms with Crippen LogP contribution in [0.4, 0.5) is 17.3 Å². The number of benzene rings is 2. The highest BCUT2D eigenvalue weighted by Gasteiger charge is 2.09. The summed E-state index contributed by atoms with van der Waals surface area (Å²) in [5, 5.41) is 8.70. The molecule has 0 fully saturated rings. The molecule has 0 aliphatic rings. The summed E-state index contributed by atoms with van der Waals surface area (Å²) in [5.41, 5.74) is 2.77. The van der Waals surface area contributed by atoms with Crippen molar-refractivity contribution in [2.75, 3.05) is 10.6 Å². The number of anilines is 3. The summed E-state index contributed by atoms with van der Waals surface area (Å²) in [6.45, 7) is 0.352. The van der Waals surface area contributed by atoms with Crippen LogP contribution in [0.15, 0.2) is 89.8 Å². The number of hydrogen-bond donors (Lipinski definition) is 3. The molecule has 2 heterocycles. The van der Waals surface area contributed by atoms with Crippen molar-refractivity contribution in [1.29, 1.82) is 0 Å². The number of rotatable bonds is 7. The maximum Gasteiger partial charge on any atom is 0.291 e. The molecule has 0 unspecified atom stereocenters. The minimum atomic E-state index is -0.319. The van der Waals surface area contributed by atoms with Gasteiger partial charge in [-0.25, -0.2) is 9.97 Å². The van der Waals surface area contributed by atoms with E-state index in [-0.39, 0.29) is 17.6 Å². The molecule has 2 aromatic heterocycles. The second-order valence-electron chi connectivity index (χ2n) is 6.59. The molecular formula is C23H19N5O3. The number of furan rings is 1. The largest absolute Gasteiger partial charge is 0.459 e. The summed E-state index contributed by atoms with van der Waals surface area (Å²) in [7, 11) is 0. The van der Waals surface area contributed by atoms with Gasteiger partial charge in [-0.05, 0) is 54.1 Å². The van der Waals surface area contributed by atoms with Crippen molar-refractivity contribution in [1.82, 2.24) is 15.3 Å². The lowest BCUT2D eigenvalue weighted by Gasteiger charge is -2.09. The number of aromatic nitrogens is 2. The maximum absolute atomic E-state index is 12.5. The van der Waals surface area contributed by atoms with Crippen molar-refractivity contribution in [3.63, 3.8) is 0 Å². The number of amides is 2. The molecule has 8 heteroatoms. The molecule has 31 heavy (non-hydrogen) atoms. The molecule has 2 aromatic carbocycles. The van der Waals surface area contributed by atoms with E-state index >= 15 is 0 Å². The quantitative estimate of drug-likeness (QED) is 0.423. The SMILES string of the molecule is O=C(NCc1ccc(NC(=O)c2ccco2)cc1)c1cccc(Nc2ncccn2)c1. The molecule has 4 aromatic rings. The lowest BCUT2D eigenvalue weighted by atomic mass is 10.1. The average Bonchev–Trinajstić information content (AvgIpc) is 3.35. The van der Waals surface area contributed by atoms with Crippen molar-refractivity contribution in [2.45, 2.75) is 6.54 Å². The fourth-order valence-electron chi connectivity index (χ4n) is 2.82. The smallest absolute Gasteiger partial charge is 0.291 e.